The number of benzene rings is 1. The number of aliphatic hydroxyl groups excluding tert-OH is 1. The lowest BCUT2D eigenvalue weighted by atomic mass is 9.92. The van der Waals surface area contributed by atoms with E-state index < -0.39 is 6.10 Å². The van der Waals surface area contributed by atoms with Crippen LogP contribution in [0.3, 0.4) is 0 Å². The maximum absolute atomic E-state index is 10.3. The third kappa shape index (κ3) is 4.72. The lowest BCUT2D eigenvalue weighted by molar-refractivity contribution is -0.915. The molecule has 124 valence electrons. The molecule has 2 N–H and O–H groups in total. The number of nitrogens with one attached hydrogen (secondary N) is 1. The van der Waals surface area contributed by atoms with E-state index in [1.807, 2.05) is 0 Å². The molecule has 0 amide bonds. The van der Waals surface area contributed by atoms with Gasteiger partial charge in [0.1, 0.15) is 25.0 Å². The zero-order chi connectivity index (χ0) is 16.3. The number of rotatable bonds is 5. The largest absolute Gasteiger partial charge is 0.490 e. The molecule has 3 heteroatoms. The zero-order valence-electron chi connectivity index (χ0n) is 14.8. The first-order valence-corrected chi connectivity index (χ1v) is 8.57. The standard InChI is InChI=1S/C19H31NO2/c1-13-7-16(4)17(5)19(8-13)22-12-18(21)11-20-9-14(2)6-15(3)10-20/h7-8,14-15,18,21H,6,9-12H2,1-5H3/p+1/t14-,15-,18+/m0/s1. The summed E-state index contributed by atoms with van der Waals surface area (Å²) < 4.78 is 5.89. The van der Waals surface area contributed by atoms with Crippen LogP contribution in [0.4, 0.5) is 0 Å². The van der Waals surface area contributed by atoms with Crippen molar-refractivity contribution in [1.29, 1.82) is 0 Å². The van der Waals surface area contributed by atoms with E-state index in [1.165, 1.54) is 41.1 Å². The van der Waals surface area contributed by atoms with Crippen molar-refractivity contribution in [2.45, 2.75) is 47.1 Å². The maximum atomic E-state index is 10.3. The van der Waals surface area contributed by atoms with Gasteiger partial charge in [-0.15, -0.1) is 0 Å². The van der Waals surface area contributed by atoms with Crippen LogP contribution < -0.4 is 9.64 Å². The fourth-order valence-corrected chi connectivity index (χ4v) is 3.82. The van der Waals surface area contributed by atoms with Crippen LogP contribution in [-0.2, 0) is 0 Å². The third-order valence-electron chi connectivity index (χ3n) is 4.80. The van der Waals surface area contributed by atoms with Gasteiger partial charge in [-0.2, -0.15) is 0 Å². The second kappa shape index (κ2) is 7.47. The minimum Gasteiger partial charge on any atom is -0.490 e. The van der Waals surface area contributed by atoms with Crippen molar-refractivity contribution in [3.05, 3.63) is 28.8 Å². The lowest BCUT2D eigenvalue weighted by Gasteiger charge is -2.33. The van der Waals surface area contributed by atoms with Crippen LogP contribution in [0.2, 0.25) is 0 Å². The number of hydrogen-bond acceptors (Lipinski definition) is 2. The molecule has 1 fully saturated rings. The predicted molar refractivity (Wildman–Crippen MR) is 90.7 cm³/mol. The fraction of sp³-hybridized carbons (Fsp3) is 0.684. The number of aryl methyl sites for hydroxylation is 2. The van der Waals surface area contributed by atoms with Gasteiger partial charge in [0, 0.05) is 11.8 Å². The number of quaternary nitrogens is 1. The average Bonchev–Trinajstić information content (AvgIpc) is 2.40. The van der Waals surface area contributed by atoms with E-state index in [0.717, 1.165) is 24.1 Å². The highest BCUT2D eigenvalue weighted by Gasteiger charge is 2.26. The Morgan fingerprint density at radius 2 is 1.82 bits per heavy atom. The first-order chi connectivity index (χ1) is 10.3. The normalized spacial score (nSPS) is 26.7. The molecule has 0 saturated carbocycles. The van der Waals surface area contributed by atoms with E-state index in [2.05, 4.69) is 46.8 Å². The van der Waals surface area contributed by atoms with E-state index in [0.29, 0.717) is 6.61 Å². The Labute approximate surface area is 135 Å². The van der Waals surface area contributed by atoms with Crippen LogP contribution in [0.5, 0.6) is 5.75 Å². The highest BCUT2D eigenvalue weighted by Crippen LogP contribution is 2.23. The summed E-state index contributed by atoms with van der Waals surface area (Å²) in [7, 11) is 0. The molecule has 0 radical (unpaired) electrons. The fourth-order valence-electron chi connectivity index (χ4n) is 3.82. The summed E-state index contributed by atoms with van der Waals surface area (Å²) in [6, 6.07) is 4.23. The minimum absolute atomic E-state index is 0.385. The van der Waals surface area contributed by atoms with Crippen molar-refractivity contribution in [2.75, 3.05) is 26.2 Å². The second-order valence-electron chi connectivity index (χ2n) is 7.48. The summed E-state index contributed by atoms with van der Waals surface area (Å²) in [6.45, 7) is 14.4. The van der Waals surface area contributed by atoms with Crippen LogP contribution in [0.15, 0.2) is 12.1 Å². The van der Waals surface area contributed by atoms with Crippen LogP contribution in [0, 0.1) is 32.6 Å². The topological polar surface area (TPSA) is 33.9 Å². The molecule has 2 rings (SSSR count). The molecule has 0 spiro atoms. The third-order valence-corrected chi connectivity index (χ3v) is 4.80. The van der Waals surface area contributed by atoms with Gasteiger partial charge in [-0.1, -0.05) is 19.9 Å². The van der Waals surface area contributed by atoms with Gasteiger partial charge in [0.2, 0.25) is 0 Å². The maximum Gasteiger partial charge on any atom is 0.137 e. The number of ether oxygens (including phenoxy) is 1. The average molecular weight is 306 g/mol. The SMILES string of the molecule is Cc1cc(C)c(C)c(OC[C@H](O)C[NH+]2C[C@@H](C)C[C@H](C)C2)c1. The molecule has 1 aliphatic rings. The van der Waals surface area contributed by atoms with Gasteiger partial charge in [-0.3, -0.25) is 0 Å². The molecule has 0 aromatic heterocycles. The molecule has 1 aliphatic heterocycles. The van der Waals surface area contributed by atoms with Crippen molar-refractivity contribution in [2.24, 2.45) is 11.8 Å². The monoisotopic (exact) mass is 306 g/mol. The Balaban J connectivity index is 1.86. The molecule has 1 aromatic carbocycles. The van der Waals surface area contributed by atoms with Gasteiger partial charge < -0.3 is 14.7 Å². The van der Waals surface area contributed by atoms with Gasteiger partial charge in [-0.05, 0) is 49.9 Å². The van der Waals surface area contributed by atoms with Crippen LogP contribution in [-0.4, -0.2) is 37.5 Å². The summed E-state index contributed by atoms with van der Waals surface area (Å²) in [5.41, 5.74) is 3.62. The predicted octanol–water partition coefficient (Wildman–Crippen LogP) is 1.91. The minimum atomic E-state index is -0.396. The van der Waals surface area contributed by atoms with Gasteiger partial charge in [-0.25, -0.2) is 0 Å². The number of hydrogen-bond donors (Lipinski definition) is 2. The zero-order valence-corrected chi connectivity index (χ0v) is 14.8. The smallest absolute Gasteiger partial charge is 0.137 e. The van der Waals surface area contributed by atoms with E-state index >= 15 is 0 Å². The first kappa shape index (κ1) is 17.3. The van der Waals surface area contributed by atoms with Crippen LogP contribution in [0.1, 0.15) is 37.0 Å². The lowest BCUT2D eigenvalue weighted by Crippen LogP contribution is -3.15. The molecular formula is C19H32NO2+. The Kier molecular flexibility index (Phi) is 5.87. The molecule has 3 atom stereocenters. The molecule has 1 saturated heterocycles. The Bertz CT molecular complexity index is 490. The molecular weight excluding hydrogens is 274 g/mol. The van der Waals surface area contributed by atoms with Gasteiger partial charge in [0.25, 0.3) is 0 Å². The summed E-state index contributed by atoms with van der Waals surface area (Å²) in [5, 5.41) is 10.3. The highest BCUT2D eigenvalue weighted by molar-refractivity contribution is 5.41. The molecule has 22 heavy (non-hydrogen) atoms. The Morgan fingerprint density at radius 1 is 1.18 bits per heavy atom. The molecule has 1 heterocycles. The molecule has 1 aromatic rings. The highest BCUT2D eigenvalue weighted by atomic mass is 16.5. The quantitative estimate of drug-likeness (QED) is 0.871. The first-order valence-electron chi connectivity index (χ1n) is 8.57. The van der Waals surface area contributed by atoms with E-state index in [4.69, 9.17) is 4.74 Å². The Morgan fingerprint density at radius 3 is 2.45 bits per heavy atom. The molecule has 3 nitrogen and oxygen atoms in total. The summed E-state index contributed by atoms with van der Waals surface area (Å²) in [5.74, 6) is 2.43. The number of aliphatic hydroxyl groups is 1. The number of piperidine rings is 1. The summed E-state index contributed by atoms with van der Waals surface area (Å²) in [4.78, 5) is 1.51. The van der Waals surface area contributed by atoms with Crippen molar-refractivity contribution >= 4 is 0 Å². The second-order valence-corrected chi connectivity index (χ2v) is 7.48. The van der Waals surface area contributed by atoms with Crippen LogP contribution >= 0.6 is 0 Å². The van der Waals surface area contributed by atoms with Crippen molar-refractivity contribution in [3.63, 3.8) is 0 Å². The summed E-state index contributed by atoms with van der Waals surface area (Å²) >= 11 is 0. The molecule has 0 unspecified atom stereocenters. The van der Waals surface area contributed by atoms with Gasteiger partial charge >= 0.3 is 0 Å². The van der Waals surface area contributed by atoms with Crippen molar-refractivity contribution in [3.8, 4) is 5.75 Å². The molecule has 0 bridgehead atoms. The van der Waals surface area contributed by atoms with E-state index in [9.17, 15) is 5.11 Å². The summed E-state index contributed by atoms with van der Waals surface area (Å²) in [6.07, 6.45) is 0.922. The van der Waals surface area contributed by atoms with Crippen LogP contribution in [0.25, 0.3) is 0 Å². The van der Waals surface area contributed by atoms with E-state index in [-0.39, 0.29) is 0 Å². The molecule has 0 aliphatic carbocycles. The number of likely N-dealkylation sites (tertiary alicyclic amines) is 1. The van der Waals surface area contributed by atoms with Gasteiger partial charge in [0.05, 0.1) is 13.1 Å². The van der Waals surface area contributed by atoms with Crippen molar-refractivity contribution in [1.82, 2.24) is 0 Å². The van der Waals surface area contributed by atoms with Gasteiger partial charge in [0.15, 0.2) is 0 Å². The Hall–Kier alpha value is -1.06. The van der Waals surface area contributed by atoms with E-state index in [1.54, 1.807) is 0 Å². The van der Waals surface area contributed by atoms with Crippen molar-refractivity contribution < 1.29 is 14.7 Å².